The first kappa shape index (κ1) is 21.1. The summed E-state index contributed by atoms with van der Waals surface area (Å²) < 4.78 is 12.0. The van der Waals surface area contributed by atoms with Gasteiger partial charge in [-0.25, -0.2) is 0 Å². The zero-order valence-corrected chi connectivity index (χ0v) is 18.6. The number of methoxy groups -OCH3 is 2. The van der Waals surface area contributed by atoms with E-state index >= 15 is 0 Å². The van der Waals surface area contributed by atoms with Gasteiger partial charge in [0.15, 0.2) is 0 Å². The lowest BCUT2D eigenvalue weighted by Crippen LogP contribution is -2.34. The molecule has 1 aliphatic heterocycles. The third-order valence-corrected chi connectivity index (χ3v) is 6.31. The Hall–Kier alpha value is -3.14. The van der Waals surface area contributed by atoms with Crippen LogP contribution < -0.4 is 25.2 Å². The second-order valence-electron chi connectivity index (χ2n) is 7.61. The summed E-state index contributed by atoms with van der Waals surface area (Å²) in [6, 6.07) is 6.59. The van der Waals surface area contributed by atoms with Crippen molar-refractivity contribution in [2.24, 2.45) is 5.92 Å². The van der Waals surface area contributed by atoms with Gasteiger partial charge >= 0.3 is 0 Å². The molecule has 1 aliphatic rings. The molecule has 0 aliphatic carbocycles. The zero-order valence-electron chi connectivity index (χ0n) is 17.8. The van der Waals surface area contributed by atoms with Gasteiger partial charge in [-0.05, 0) is 30.9 Å². The fourth-order valence-corrected chi connectivity index (χ4v) is 4.66. The predicted octanol–water partition coefficient (Wildman–Crippen LogP) is 2.33. The molecule has 164 valence electrons. The van der Waals surface area contributed by atoms with Crippen molar-refractivity contribution in [2.75, 3.05) is 32.2 Å². The number of carbonyl (C=O) groups excluding carboxylic acids is 1. The number of benzene rings is 1. The van der Waals surface area contributed by atoms with E-state index in [0.29, 0.717) is 22.4 Å². The van der Waals surface area contributed by atoms with Crippen molar-refractivity contribution in [3.05, 3.63) is 45.9 Å². The van der Waals surface area contributed by atoms with Crippen molar-refractivity contribution in [3.63, 3.8) is 0 Å². The largest absolute Gasteiger partial charge is 0.497 e. The number of anilines is 1. The summed E-state index contributed by atoms with van der Waals surface area (Å²) in [6.07, 6.45) is 2.29. The van der Waals surface area contributed by atoms with Crippen LogP contribution in [0.5, 0.6) is 11.5 Å². The van der Waals surface area contributed by atoms with Crippen molar-refractivity contribution in [2.45, 2.75) is 26.3 Å². The van der Waals surface area contributed by atoms with E-state index in [2.05, 4.69) is 27.2 Å². The maximum atomic E-state index is 12.9. The minimum atomic E-state index is -0.464. The Balaban J connectivity index is 1.58. The fraction of sp³-hybridized carbons (Fsp3) is 0.429. The Kier molecular flexibility index (Phi) is 6.08. The number of nitrogens with zero attached hydrogens (tertiary/aromatic N) is 4. The maximum absolute atomic E-state index is 12.9. The Labute approximate surface area is 183 Å². The van der Waals surface area contributed by atoms with Gasteiger partial charge < -0.3 is 19.7 Å². The minimum Gasteiger partial charge on any atom is -0.497 e. The van der Waals surface area contributed by atoms with Crippen LogP contribution in [0.2, 0.25) is 0 Å². The van der Waals surface area contributed by atoms with Gasteiger partial charge in [0.2, 0.25) is 10.1 Å². The zero-order chi connectivity index (χ0) is 22.0. The number of carbonyl (C=O) groups is 1. The van der Waals surface area contributed by atoms with E-state index in [1.807, 2.05) is 6.07 Å². The molecule has 3 heterocycles. The van der Waals surface area contributed by atoms with Crippen LogP contribution in [-0.2, 0) is 6.54 Å². The Morgan fingerprint density at radius 1 is 1.29 bits per heavy atom. The standard InChI is InChI=1S/C21H25N5O4S/c1-13-5-4-8-25(12-13)21-24-26-16(10-18(27)23-20(26)31-21)19(28)22-11-14-6-7-15(29-2)9-17(14)30-3/h6-7,9-10,13H,4-5,8,11-12H2,1-3H3,(H,22,28)/t13-/m0/s1. The molecule has 9 nitrogen and oxygen atoms in total. The number of fused-ring (bicyclic) bond motifs is 1. The van der Waals surface area contributed by atoms with Crippen molar-refractivity contribution in [3.8, 4) is 11.5 Å². The molecule has 1 fully saturated rings. The average Bonchev–Trinajstić information content (AvgIpc) is 3.20. The number of nitrogens with one attached hydrogen (secondary N) is 1. The molecule has 4 rings (SSSR count). The summed E-state index contributed by atoms with van der Waals surface area (Å²) in [7, 11) is 3.14. The molecule has 0 radical (unpaired) electrons. The fourth-order valence-electron chi connectivity index (χ4n) is 3.72. The Morgan fingerprint density at radius 2 is 2.13 bits per heavy atom. The van der Waals surface area contributed by atoms with Gasteiger partial charge in [-0.1, -0.05) is 18.3 Å². The molecule has 1 saturated heterocycles. The molecule has 1 N–H and O–H groups in total. The van der Waals surface area contributed by atoms with Crippen molar-refractivity contribution in [1.29, 1.82) is 0 Å². The predicted molar refractivity (Wildman–Crippen MR) is 118 cm³/mol. The van der Waals surface area contributed by atoms with E-state index in [1.165, 1.54) is 28.3 Å². The monoisotopic (exact) mass is 443 g/mol. The van der Waals surface area contributed by atoms with Crippen LogP contribution in [0.25, 0.3) is 4.96 Å². The normalized spacial score (nSPS) is 16.4. The highest BCUT2D eigenvalue weighted by molar-refractivity contribution is 7.20. The first-order valence-corrected chi connectivity index (χ1v) is 10.9. The quantitative estimate of drug-likeness (QED) is 0.624. The number of hydrogen-bond donors (Lipinski definition) is 1. The van der Waals surface area contributed by atoms with E-state index in [-0.39, 0.29) is 12.2 Å². The molecule has 0 bridgehead atoms. The molecule has 1 atom stereocenters. The van der Waals surface area contributed by atoms with E-state index in [4.69, 9.17) is 9.47 Å². The lowest BCUT2D eigenvalue weighted by atomic mass is 10.0. The molecule has 10 heteroatoms. The van der Waals surface area contributed by atoms with Crippen LogP contribution in [0.1, 0.15) is 35.8 Å². The van der Waals surface area contributed by atoms with Crippen LogP contribution in [0.4, 0.5) is 5.13 Å². The lowest BCUT2D eigenvalue weighted by Gasteiger charge is -2.30. The van der Waals surface area contributed by atoms with Crippen LogP contribution in [-0.4, -0.2) is 47.8 Å². The smallest absolute Gasteiger partial charge is 0.274 e. The summed E-state index contributed by atoms with van der Waals surface area (Å²) >= 11 is 1.33. The molecule has 0 unspecified atom stereocenters. The van der Waals surface area contributed by atoms with E-state index in [0.717, 1.165) is 30.2 Å². The van der Waals surface area contributed by atoms with E-state index < -0.39 is 11.5 Å². The molecule has 2 aromatic heterocycles. The summed E-state index contributed by atoms with van der Waals surface area (Å²) in [5.41, 5.74) is 0.486. The molecule has 1 aromatic carbocycles. The van der Waals surface area contributed by atoms with Crippen LogP contribution in [0.3, 0.4) is 0 Å². The molecular formula is C21H25N5O4S. The molecular weight excluding hydrogens is 418 g/mol. The molecule has 0 saturated carbocycles. The van der Waals surface area contributed by atoms with Crippen LogP contribution in [0.15, 0.2) is 29.1 Å². The second-order valence-corrected chi connectivity index (χ2v) is 8.55. The third-order valence-electron chi connectivity index (χ3n) is 5.34. The van der Waals surface area contributed by atoms with Crippen molar-refractivity contribution in [1.82, 2.24) is 19.9 Å². The van der Waals surface area contributed by atoms with Gasteiger partial charge in [-0.15, -0.1) is 5.10 Å². The summed E-state index contributed by atoms with van der Waals surface area (Å²) in [4.78, 5) is 31.7. The van der Waals surface area contributed by atoms with Gasteiger partial charge in [0.25, 0.3) is 11.5 Å². The number of ether oxygens (including phenoxy) is 2. The SMILES string of the molecule is COc1ccc(CNC(=O)c2cc(=O)nc3sc(N4CCC[C@H](C)C4)nn23)c(OC)c1. The third kappa shape index (κ3) is 4.48. The van der Waals surface area contributed by atoms with Crippen LogP contribution >= 0.6 is 11.3 Å². The molecule has 31 heavy (non-hydrogen) atoms. The maximum Gasteiger partial charge on any atom is 0.274 e. The minimum absolute atomic E-state index is 0.162. The molecule has 1 amide bonds. The van der Waals surface area contributed by atoms with Gasteiger partial charge in [0, 0.05) is 37.3 Å². The van der Waals surface area contributed by atoms with Gasteiger partial charge in [-0.3, -0.25) is 9.59 Å². The first-order valence-electron chi connectivity index (χ1n) is 10.1. The molecule has 3 aromatic rings. The highest BCUT2D eigenvalue weighted by atomic mass is 32.1. The summed E-state index contributed by atoms with van der Waals surface area (Å²) in [5, 5.41) is 8.22. The number of hydrogen-bond acceptors (Lipinski definition) is 8. The number of aromatic nitrogens is 3. The first-order chi connectivity index (χ1) is 15.0. The van der Waals surface area contributed by atoms with Gasteiger partial charge in [0.1, 0.15) is 17.2 Å². The van der Waals surface area contributed by atoms with Gasteiger partial charge in [0.05, 0.1) is 14.2 Å². The Bertz CT molecular complexity index is 1160. The van der Waals surface area contributed by atoms with Gasteiger partial charge in [-0.2, -0.15) is 9.50 Å². The average molecular weight is 444 g/mol. The topological polar surface area (TPSA) is 98.1 Å². The number of piperidine rings is 1. The number of rotatable bonds is 6. The lowest BCUT2D eigenvalue weighted by molar-refractivity contribution is 0.0943. The van der Waals surface area contributed by atoms with E-state index in [1.54, 1.807) is 26.4 Å². The Morgan fingerprint density at radius 3 is 2.87 bits per heavy atom. The van der Waals surface area contributed by atoms with Crippen molar-refractivity contribution >= 4 is 27.3 Å². The molecule has 0 spiro atoms. The highest BCUT2D eigenvalue weighted by Crippen LogP contribution is 2.27. The van der Waals surface area contributed by atoms with Crippen LogP contribution in [0, 0.1) is 5.92 Å². The second kappa shape index (κ2) is 8.93. The summed E-state index contributed by atoms with van der Waals surface area (Å²) in [6.45, 7) is 4.26. The highest BCUT2D eigenvalue weighted by Gasteiger charge is 2.22. The van der Waals surface area contributed by atoms with E-state index in [9.17, 15) is 9.59 Å². The number of amides is 1. The van der Waals surface area contributed by atoms with Crippen molar-refractivity contribution < 1.29 is 14.3 Å². The summed E-state index contributed by atoms with van der Waals surface area (Å²) in [5.74, 6) is 1.44.